The monoisotopic (exact) mass is 197 g/mol. The van der Waals surface area contributed by atoms with Gasteiger partial charge in [-0.05, 0) is 18.1 Å². The van der Waals surface area contributed by atoms with Crippen molar-refractivity contribution in [3.63, 3.8) is 0 Å². The summed E-state index contributed by atoms with van der Waals surface area (Å²) >= 11 is 0. The number of halogens is 1. The van der Waals surface area contributed by atoms with Crippen molar-refractivity contribution in [3.05, 3.63) is 29.6 Å². The van der Waals surface area contributed by atoms with E-state index in [-0.39, 0.29) is 18.1 Å². The quantitative estimate of drug-likeness (QED) is 0.590. The number of ether oxygens (including phenoxy) is 1. The number of carbonyl (C=O) groups excluding carboxylic acids is 1. The van der Waals surface area contributed by atoms with Crippen LogP contribution >= 0.6 is 0 Å². The maximum Gasteiger partial charge on any atom is 0.305 e. The van der Waals surface area contributed by atoms with Crippen molar-refractivity contribution in [1.29, 1.82) is 0 Å². The van der Waals surface area contributed by atoms with Crippen molar-refractivity contribution in [2.24, 2.45) is 0 Å². The van der Waals surface area contributed by atoms with E-state index in [1.54, 1.807) is 12.1 Å². The third-order valence-electron chi connectivity index (χ3n) is 1.93. The van der Waals surface area contributed by atoms with Crippen LogP contribution in [0.2, 0.25) is 0 Å². The molecule has 0 fully saturated rings. The van der Waals surface area contributed by atoms with Crippen molar-refractivity contribution in [2.75, 3.05) is 12.8 Å². The highest BCUT2D eigenvalue weighted by atomic mass is 19.1. The Morgan fingerprint density at radius 2 is 2.29 bits per heavy atom. The van der Waals surface area contributed by atoms with E-state index in [9.17, 15) is 9.18 Å². The minimum Gasteiger partial charge on any atom is -0.469 e. The molecule has 1 aromatic rings. The maximum atomic E-state index is 13.3. The predicted molar refractivity (Wildman–Crippen MR) is 51.1 cm³/mol. The fourth-order valence-electron chi connectivity index (χ4n) is 1.13. The lowest BCUT2D eigenvalue weighted by atomic mass is 10.1. The zero-order valence-corrected chi connectivity index (χ0v) is 7.92. The summed E-state index contributed by atoms with van der Waals surface area (Å²) in [5.74, 6) is -0.803. The first-order chi connectivity index (χ1) is 6.65. The molecule has 0 saturated carbocycles. The van der Waals surface area contributed by atoms with E-state index in [2.05, 4.69) is 4.74 Å². The number of nitrogens with two attached hydrogens (primary N) is 1. The Balaban J connectivity index is 2.68. The highest BCUT2D eigenvalue weighted by Gasteiger charge is 2.07. The third kappa shape index (κ3) is 2.45. The Kier molecular flexibility index (Phi) is 3.45. The number of methoxy groups -OCH3 is 1. The van der Waals surface area contributed by atoms with Gasteiger partial charge in [0.05, 0.1) is 12.8 Å². The Bertz CT molecular complexity index is 339. The van der Waals surface area contributed by atoms with E-state index in [1.165, 1.54) is 13.2 Å². The summed E-state index contributed by atoms with van der Waals surface area (Å²) in [6, 6.07) is 4.75. The van der Waals surface area contributed by atoms with Crippen molar-refractivity contribution >= 4 is 11.7 Å². The first-order valence-electron chi connectivity index (χ1n) is 4.25. The van der Waals surface area contributed by atoms with Gasteiger partial charge in [-0.3, -0.25) is 4.79 Å². The Morgan fingerprint density at radius 3 is 2.93 bits per heavy atom. The molecule has 0 saturated heterocycles. The molecule has 1 aromatic carbocycles. The summed E-state index contributed by atoms with van der Waals surface area (Å²) in [7, 11) is 1.30. The lowest BCUT2D eigenvalue weighted by molar-refractivity contribution is -0.140. The number of nitrogen functional groups attached to an aromatic ring is 1. The molecule has 0 amide bonds. The van der Waals surface area contributed by atoms with Crippen LogP contribution in [0.4, 0.5) is 10.1 Å². The first kappa shape index (κ1) is 10.5. The molecule has 76 valence electrons. The zero-order chi connectivity index (χ0) is 10.6. The minimum atomic E-state index is -0.448. The zero-order valence-electron chi connectivity index (χ0n) is 7.92. The summed E-state index contributed by atoms with van der Waals surface area (Å²) < 4.78 is 17.7. The van der Waals surface area contributed by atoms with E-state index in [0.717, 1.165) is 0 Å². The number of hydrogen-bond acceptors (Lipinski definition) is 3. The van der Waals surface area contributed by atoms with E-state index >= 15 is 0 Å². The molecule has 4 heteroatoms. The largest absolute Gasteiger partial charge is 0.469 e. The summed E-state index contributed by atoms with van der Waals surface area (Å²) in [6.45, 7) is 0. The van der Waals surface area contributed by atoms with Gasteiger partial charge in [-0.2, -0.15) is 0 Å². The molecule has 3 nitrogen and oxygen atoms in total. The number of carbonyl (C=O) groups is 1. The van der Waals surface area contributed by atoms with Crippen LogP contribution in [0, 0.1) is 5.82 Å². The van der Waals surface area contributed by atoms with Gasteiger partial charge in [0.2, 0.25) is 0 Å². The summed E-state index contributed by atoms with van der Waals surface area (Å²) in [4.78, 5) is 10.8. The minimum absolute atomic E-state index is 0.104. The average Bonchev–Trinajstić information content (AvgIpc) is 2.20. The van der Waals surface area contributed by atoms with Crippen molar-refractivity contribution in [3.8, 4) is 0 Å². The van der Waals surface area contributed by atoms with Crippen LogP contribution in [0.3, 0.4) is 0 Å². The van der Waals surface area contributed by atoms with Crippen LogP contribution in [0.25, 0.3) is 0 Å². The normalized spacial score (nSPS) is 9.86. The van der Waals surface area contributed by atoms with Gasteiger partial charge < -0.3 is 10.5 Å². The molecule has 0 aliphatic rings. The van der Waals surface area contributed by atoms with Crippen LogP contribution in [-0.4, -0.2) is 13.1 Å². The Labute approximate surface area is 81.7 Å². The molecule has 0 unspecified atom stereocenters. The van der Waals surface area contributed by atoms with E-state index < -0.39 is 5.82 Å². The first-order valence-corrected chi connectivity index (χ1v) is 4.25. The number of benzene rings is 1. The van der Waals surface area contributed by atoms with Crippen molar-refractivity contribution < 1.29 is 13.9 Å². The van der Waals surface area contributed by atoms with E-state index in [4.69, 9.17) is 5.73 Å². The van der Waals surface area contributed by atoms with Crippen LogP contribution < -0.4 is 5.73 Å². The number of anilines is 1. The molecule has 0 spiro atoms. The Morgan fingerprint density at radius 1 is 1.57 bits per heavy atom. The van der Waals surface area contributed by atoms with E-state index in [0.29, 0.717) is 12.0 Å². The molecule has 1 rings (SSSR count). The van der Waals surface area contributed by atoms with Crippen LogP contribution in [0.1, 0.15) is 12.0 Å². The van der Waals surface area contributed by atoms with Gasteiger partial charge in [0, 0.05) is 6.42 Å². The number of rotatable bonds is 3. The topological polar surface area (TPSA) is 52.3 Å². The van der Waals surface area contributed by atoms with Gasteiger partial charge in [0.25, 0.3) is 0 Å². The van der Waals surface area contributed by atoms with Crippen LogP contribution in [0.5, 0.6) is 0 Å². The van der Waals surface area contributed by atoms with Gasteiger partial charge in [-0.15, -0.1) is 0 Å². The maximum absolute atomic E-state index is 13.3. The summed E-state index contributed by atoms with van der Waals surface area (Å²) in [5.41, 5.74) is 5.91. The molecule has 14 heavy (non-hydrogen) atoms. The third-order valence-corrected chi connectivity index (χ3v) is 1.93. The van der Waals surface area contributed by atoms with Gasteiger partial charge in [-0.1, -0.05) is 12.1 Å². The summed E-state index contributed by atoms with van der Waals surface area (Å²) in [5, 5.41) is 0. The Hall–Kier alpha value is -1.58. The number of esters is 1. The molecular formula is C10H12FNO2. The fourth-order valence-corrected chi connectivity index (χ4v) is 1.13. The second-order valence-corrected chi connectivity index (χ2v) is 2.90. The van der Waals surface area contributed by atoms with Crippen molar-refractivity contribution in [1.82, 2.24) is 0 Å². The molecule has 2 N–H and O–H groups in total. The van der Waals surface area contributed by atoms with Gasteiger partial charge in [0.1, 0.15) is 5.82 Å². The van der Waals surface area contributed by atoms with Gasteiger partial charge >= 0.3 is 5.97 Å². The smallest absolute Gasteiger partial charge is 0.305 e. The SMILES string of the molecule is COC(=O)CCc1cccc(N)c1F. The standard InChI is InChI=1S/C10H12FNO2/c1-14-9(13)6-5-7-3-2-4-8(12)10(7)11/h2-4H,5-6,12H2,1H3. The fraction of sp³-hybridized carbons (Fsp3) is 0.300. The van der Waals surface area contributed by atoms with Gasteiger partial charge in [0.15, 0.2) is 0 Å². The highest BCUT2D eigenvalue weighted by Crippen LogP contribution is 2.16. The molecule has 0 aromatic heterocycles. The number of hydrogen-bond donors (Lipinski definition) is 1. The average molecular weight is 197 g/mol. The van der Waals surface area contributed by atoms with E-state index in [1.807, 2.05) is 0 Å². The molecule has 0 atom stereocenters. The molecular weight excluding hydrogens is 185 g/mol. The number of aryl methyl sites for hydroxylation is 1. The van der Waals surface area contributed by atoms with Gasteiger partial charge in [-0.25, -0.2) is 4.39 Å². The predicted octanol–water partition coefficient (Wildman–Crippen LogP) is 1.51. The molecule has 0 aliphatic carbocycles. The van der Waals surface area contributed by atoms with Crippen LogP contribution in [0.15, 0.2) is 18.2 Å². The second-order valence-electron chi connectivity index (χ2n) is 2.90. The molecule has 0 aliphatic heterocycles. The van der Waals surface area contributed by atoms with Crippen LogP contribution in [-0.2, 0) is 16.0 Å². The molecule has 0 heterocycles. The second kappa shape index (κ2) is 4.60. The lowest BCUT2D eigenvalue weighted by Gasteiger charge is -2.04. The lowest BCUT2D eigenvalue weighted by Crippen LogP contribution is -2.04. The van der Waals surface area contributed by atoms with Crippen molar-refractivity contribution in [2.45, 2.75) is 12.8 Å². The molecule has 0 bridgehead atoms. The highest BCUT2D eigenvalue weighted by molar-refractivity contribution is 5.69. The molecule has 0 radical (unpaired) electrons. The summed E-state index contributed by atoms with van der Waals surface area (Å²) in [6.07, 6.45) is 0.473.